The standard InChI is InChI=1S/C13H17ClN4O2S/c1-3-15-7-10-8-16-17-13(10)21(19,20)18-11-5-4-9(2)12(14)6-11/h4-6,8,15,18H,3,7H2,1-2H3,(H,16,17). The Kier molecular flexibility index (Phi) is 4.87. The van der Waals surface area contributed by atoms with Crippen molar-refractivity contribution in [2.24, 2.45) is 0 Å². The summed E-state index contributed by atoms with van der Waals surface area (Å²) >= 11 is 6.00. The van der Waals surface area contributed by atoms with E-state index in [1.54, 1.807) is 18.2 Å². The van der Waals surface area contributed by atoms with Crippen molar-refractivity contribution >= 4 is 27.3 Å². The molecule has 0 saturated carbocycles. The Bertz CT molecular complexity index is 728. The number of aromatic nitrogens is 2. The Hall–Kier alpha value is -1.57. The average molecular weight is 329 g/mol. The number of hydrogen-bond acceptors (Lipinski definition) is 4. The van der Waals surface area contributed by atoms with Crippen LogP contribution in [0, 0.1) is 6.92 Å². The third kappa shape index (κ3) is 3.75. The molecule has 0 spiro atoms. The summed E-state index contributed by atoms with van der Waals surface area (Å²) in [5.74, 6) is 0. The first-order chi connectivity index (χ1) is 9.94. The fourth-order valence-electron chi connectivity index (χ4n) is 1.78. The number of aromatic amines is 1. The quantitative estimate of drug-likeness (QED) is 0.759. The molecule has 2 aromatic rings. The second-order valence-electron chi connectivity index (χ2n) is 4.57. The SMILES string of the molecule is CCNCc1cn[nH]c1S(=O)(=O)Nc1ccc(C)c(Cl)c1. The molecule has 2 rings (SSSR count). The van der Waals surface area contributed by atoms with E-state index >= 15 is 0 Å². The summed E-state index contributed by atoms with van der Waals surface area (Å²) in [6, 6.07) is 5.00. The molecule has 0 saturated heterocycles. The summed E-state index contributed by atoms with van der Waals surface area (Å²) in [5, 5.41) is 9.97. The third-order valence-corrected chi connectivity index (χ3v) is 4.74. The highest BCUT2D eigenvalue weighted by Gasteiger charge is 2.20. The normalized spacial score (nSPS) is 11.6. The Morgan fingerprint density at radius 3 is 2.81 bits per heavy atom. The number of H-pyrrole nitrogens is 1. The Labute approximate surface area is 129 Å². The zero-order valence-corrected chi connectivity index (χ0v) is 13.3. The van der Waals surface area contributed by atoms with Crippen LogP contribution in [-0.4, -0.2) is 25.2 Å². The molecular weight excluding hydrogens is 312 g/mol. The topological polar surface area (TPSA) is 86.9 Å². The van der Waals surface area contributed by atoms with Crippen molar-refractivity contribution in [2.45, 2.75) is 25.4 Å². The van der Waals surface area contributed by atoms with Gasteiger partial charge in [-0.25, -0.2) is 0 Å². The van der Waals surface area contributed by atoms with Crippen molar-refractivity contribution in [1.82, 2.24) is 15.5 Å². The van der Waals surface area contributed by atoms with Crippen LogP contribution in [0.5, 0.6) is 0 Å². The summed E-state index contributed by atoms with van der Waals surface area (Å²) in [4.78, 5) is 0. The number of halogens is 1. The van der Waals surface area contributed by atoms with Gasteiger partial charge >= 0.3 is 0 Å². The van der Waals surface area contributed by atoms with Gasteiger partial charge in [-0.15, -0.1) is 0 Å². The number of nitrogens with one attached hydrogen (secondary N) is 3. The average Bonchev–Trinajstić information content (AvgIpc) is 2.89. The Morgan fingerprint density at radius 2 is 2.14 bits per heavy atom. The molecule has 0 unspecified atom stereocenters. The number of nitrogens with zero attached hydrogens (tertiary/aromatic N) is 1. The lowest BCUT2D eigenvalue weighted by atomic mass is 10.2. The molecule has 0 aliphatic rings. The van der Waals surface area contributed by atoms with Crippen LogP contribution in [0.15, 0.2) is 29.4 Å². The molecule has 21 heavy (non-hydrogen) atoms. The van der Waals surface area contributed by atoms with E-state index in [1.165, 1.54) is 6.20 Å². The zero-order chi connectivity index (χ0) is 15.5. The summed E-state index contributed by atoms with van der Waals surface area (Å²) in [6.45, 7) is 4.97. The van der Waals surface area contributed by atoms with Crippen LogP contribution in [0.4, 0.5) is 5.69 Å². The Morgan fingerprint density at radius 1 is 1.38 bits per heavy atom. The van der Waals surface area contributed by atoms with Gasteiger partial charge in [0.05, 0.1) is 11.9 Å². The summed E-state index contributed by atoms with van der Waals surface area (Å²) in [5.41, 5.74) is 1.88. The number of hydrogen-bond donors (Lipinski definition) is 3. The second kappa shape index (κ2) is 6.46. The van der Waals surface area contributed by atoms with E-state index in [0.717, 1.165) is 12.1 Å². The number of aryl methyl sites for hydroxylation is 1. The van der Waals surface area contributed by atoms with Crippen molar-refractivity contribution in [1.29, 1.82) is 0 Å². The fraction of sp³-hybridized carbons (Fsp3) is 0.308. The molecular formula is C13H17ClN4O2S. The van der Waals surface area contributed by atoms with Gasteiger partial charge in [0.1, 0.15) is 0 Å². The van der Waals surface area contributed by atoms with E-state index in [1.807, 2.05) is 13.8 Å². The summed E-state index contributed by atoms with van der Waals surface area (Å²) < 4.78 is 27.3. The molecule has 0 bridgehead atoms. The van der Waals surface area contributed by atoms with E-state index in [-0.39, 0.29) is 5.03 Å². The van der Waals surface area contributed by atoms with Crippen LogP contribution in [-0.2, 0) is 16.6 Å². The Balaban J connectivity index is 2.26. The highest BCUT2D eigenvalue weighted by molar-refractivity contribution is 7.92. The van der Waals surface area contributed by atoms with Crippen LogP contribution in [0.25, 0.3) is 0 Å². The van der Waals surface area contributed by atoms with Crippen LogP contribution in [0.3, 0.4) is 0 Å². The van der Waals surface area contributed by atoms with E-state index in [2.05, 4.69) is 20.2 Å². The van der Waals surface area contributed by atoms with Crippen molar-refractivity contribution in [3.05, 3.63) is 40.5 Å². The third-order valence-electron chi connectivity index (χ3n) is 2.94. The first-order valence-corrected chi connectivity index (χ1v) is 8.32. The van der Waals surface area contributed by atoms with Crippen LogP contribution >= 0.6 is 11.6 Å². The van der Waals surface area contributed by atoms with Gasteiger partial charge in [-0.1, -0.05) is 24.6 Å². The van der Waals surface area contributed by atoms with E-state index in [0.29, 0.717) is 22.8 Å². The maximum Gasteiger partial charge on any atom is 0.279 e. The predicted octanol–water partition coefficient (Wildman–Crippen LogP) is 2.28. The van der Waals surface area contributed by atoms with Crippen molar-refractivity contribution < 1.29 is 8.42 Å². The van der Waals surface area contributed by atoms with Crippen LogP contribution < -0.4 is 10.0 Å². The molecule has 1 aromatic carbocycles. The van der Waals surface area contributed by atoms with Crippen LogP contribution in [0.1, 0.15) is 18.1 Å². The van der Waals surface area contributed by atoms with Gasteiger partial charge in [-0.3, -0.25) is 9.82 Å². The van der Waals surface area contributed by atoms with Crippen LogP contribution in [0.2, 0.25) is 5.02 Å². The predicted molar refractivity (Wildman–Crippen MR) is 83.0 cm³/mol. The molecule has 1 heterocycles. The van der Waals surface area contributed by atoms with Gasteiger partial charge < -0.3 is 5.32 Å². The van der Waals surface area contributed by atoms with Gasteiger partial charge in [-0.2, -0.15) is 13.5 Å². The number of benzene rings is 1. The number of sulfonamides is 1. The lowest BCUT2D eigenvalue weighted by Crippen LogP contribution is -2.18. The fourth-order valence-corrected chi connectivity index (χ4v) is 3.14. The zero-order valence-electron chi connectivity index (χ0n) is 11.8. The highest BCUT2D eigenvalue weighted by atomic mass is 35.5. The van der Waals surface area contributed by atoms with Gasteiger partial charge in [-0.05, 0) is 31.2 Å². The highest BCUT2D eigenvalue weighted by Crippen LogP contribution is 2.23. The minimum Gasteiger partial charge on any atom is -0.313 e. The first kappa shape index (κ1) is 15.8. The van der Waals surface area contributed by atoms with Gasteiger partial charge in [0, 0.05) is 17.1 Å². The molecule has 0 amide bonds. The van der Waals surface area contributed by atoms with Gasteiger partial charge in [0.25, 0.3) is 10.0 Å². The van der Waals surface area contributed by atoms with Crippen molar-refractivity contribution in [3.63, 3.8) is 0 Å². The maximum absolute atomic E-state index is 12.4. The monoisotopic (exact) mass is 328 g/mol. The second-order valence-corrected chi connectivity index (χ2v) is 6.60. The van der Waals surface area contributed by atoms with Gasteiger partial charge in [0.15, 0.2) is 5.03 Å². The minimum absolute atomic E-state index is 0.0557. The van der Waals surface area contributed by atoms with E-state index < -0.39 is 10.0 Å². The minimum atomic E-state index is -3.73. The molecule has 0 aliphatic heterocycles. The van der Waals surface area contributed by atoms with E-state index in [4.69, 9.17) is 11.6 Å². The summed E-state index contributed by atoms with van der Waals surface area (Å²) in [6.07, 6.45) is 1.50. The number of anilines is 1. The molecule has 1 aromatic heterocycles. The van der Waals surface area contributed by atoms with Crippen molar-refractivity contribution in [2.75, 3.05) is 11.3 Å². The number of rotatable bonds is 6. The largest absolute Gasteiger partial charge is 0.313 e. The lowest BCUT2D eigenvalue weighted by Gasteiger charge is -2.09. The molecule has 114 valence electrons. The molecule has 0 radical (unpaired) electrons. The molecule has 0 aliphatic carbocycles. The lowest BCUT2D eigenvalue weighted by molar-refractivity contribution is 0.594. The van der Waals surface area contributed by atoms with Crippen molar-refractivity contribution in [3.8, 4) is 0 Å². The molecule has 6 nitrogen and oxygen atoms in total. The van der Waals surface area contributed by atoms with E-state index in [9.17, 15) is 8.42 Å². The first-order valence-electron chi connectivity index (χ1n) is 6.46. The maximum atomic E-state index is 12.4. The smallest absolute Gasteiger partial charge is 0.279 e. The summed E-state index contributed by atoms with van der Waals surface area (Å²) in [7, 11) is -3.73. The molecule has 0 atom stereocenters. The molecule has 8 heteroatoms. The molecule has 3 N–H and O–H groups in total. The van der Waals surface area contributed by atoms with Gasteiger partial charge in [0.2, 0.25) is 0 Å². The molecule has 0 fully saturated rings.